The number of benzene rings is 1. The Balaban J connectivity index is 2.16. The molecule has 25 heavy (non-hydrogen) atoms. The summed E-state index contributed by atoms with van der Waals surface area (Å²) in [6.07, 6.45) is 2.19. The SMILES string of the molecule is [CH2]Cc1c(O)c2ncc(Cc3ccc(F)cc3)cc2n(CC#N)c1=O. The van der Waals surface area contributed by atoms with Gasteiger partial charge in [0, 0.05) is 6.20 Å². The van der Waals surface area contributed by atoms with E-state index in [4.69, 9.17) is 5.26 Å². The highest BCUT2D eigenvalue weighted by Crippen LogP contribution is 2.26. The van der Waals surface area contributed by atoms with Crippen molar-refractivity contribution in [2.45, 2.75) is 19.4 Å². The zero-order valence-electron chi connectivity index (χ0n) is 13.4. The first-order chi connectivity index (χ1) is 12.0. The highest BCUT2D eigenvalue weighted by molar-refractivity contribution is 5.83. The quantitative estimate of drug-likeness (QED) is 0.794. The van der Waals surface area contributed by atoms with E-state index in [0.717, 1.165) is 11.1 Å². The molecule has 0 unspecified atom stereocenters. The second-order valence-electron chi connectivity index (χ2n) is 5.64. The molecule has 0 aliphatic heterocycles. The van der Waals surface area contributed by atoms with Crippen molar-refractivity contribution in [2.75, 3.05) is 0 Å². The molecule has 0 saturated carbocycles. The summed E-state index contributed by atoms with van der Waals surface area (Å²) in [5, 5.41) is 19.3. The summed E-state index contributed by atoms with van der Waals surface area (Å²) in [5.41, 5.74) is 2.02. The minimum absolute atomic E-state index is 0.102. The van der Waals surface area contributed by atoms with Gasteiger partial charge < -0.3 is 5.11 Å². The summed E-state index contributed by atoms with van der Waals surface area (Å²) in [5.74, 6) is -0.508. The van der Waals surface area contributed by atoms with Crippen molar-refractivity contribution >= 4 is 11.0 Å². The van der Waals surface area contributed by atoms with Crippen LogP contribution in [0.3, 0.4) is 0 Å². The van der Waals surface area contributed by atoms with E-state index in [1.165, 1.54) is 16.7 Å². The maximum absolute atomic E-state index is 13.0. The molecule has 0 spiro atoms. The van der Waals surface area contributed by atoms with E-state index < -0.39 is 5.56 Å². The van der Waals surface area contributed by atoms with Crippen LogP contribution in [0.25, 0.3) is 11.0 Å². The second-order valence-corrected chi connectivity index (χ2v) is 5.64. The average molecular weight is 336 g/mol. The van der Waals surface area contributed by atoms with E-state index in [0.29, 0.717) is 11.9 Å². The van der Waals surface area contributed by atoms with Gasteiger partial charge in [0.1, 0.15) is 17.9 Å². The zero-order valence-corrected chi connectivity index (χ0v) is 13.4. The van der Waals surface area contributed by atoms with E-state index in [1.807, 2.05) is 6.07 Å². The van der Waals surface area contributed by atoms with Crippen LogP contribution in [0.1, 0.15) is 16.7 Å². The fourth-order valence-electron chi connectivity index (χ4n) is 2.79. The number of hydrogen-bond donors (Lipinski definition) is 1. The van der Waals surface area contributed by atoms with Gasteiger partial charge in [-0.2, -0.15) is 5.26 Å². The van der Waals surface area contributed by atoms with Gasteiger partial charge in [-0.05, 0) is 49.1 Å². The predicted octanol–water partition coefficient (Wildman–Crippen LogP) is 2.73. The van der Waals surface area contributed by atoms with E-state index in [9.17, 15) is 14.3 Å². The number of nitrogens with zero attached hydrogens (tertiary/aromatic N) is 3. The van der Waals surface area contributed by atoms with Gasteiger partial charge >= 0.3 is 0 Å². The number of rotatable bonds is 4. The van der Waals surface area contributed by atoms with Gasteiger partial charge in [0.05, 0.1) is 17.1 Å². The van der Waals surface area contributed by atoms with E-state index in [1.54, 1.807) is 24.4 Å². The van der Waals surface area contributed by atoms with Crippen molar-refractivity contribution in [3.05, 3.63) is 76.3 Å². The van der Waals surface area contributed by atoms with E-state index >= 15 is 0 Å². The highest BCUT2D eigenvalue weighted by atomic mass is 19.1. The number of nitriles is 1. The lowest BCUT2D eigenvalue weighted by Crippen LogP contribution is -2.24. The molecule has 3 aromatic rings. The molecule has 1 aromatic carbocycles. The van der Waals surface area contributed by atoms with Crippen LogP contribution in [0.15, 0.2) is 41.3 Å². The molecule has 0 bridgehead atoms. The van der Waals surface area contributed by atoms with E-state index in [2.05, 4.69) is 11.9 Å². The van der Waals surface area contributed by atoms with Crippen LogP contribution in [0.4, 0.5) is 4.39 Å². The summed E-state index contributed by atoms with van der Waals surface area (Å²) in [6, 6.07) is 9.77. The Kier molecular flexibility index (Phi) is 4.48. The number of pyridine rings is 2. The van der Waals surface area contributed by atoms with Crippen LogP contribution in [0, 0.1) is 24.1 Å². The number of hydrogen-bond acceptors (Lipinski definition) is 4. The Morgan fingerprint density at radius 2 is 2.00 bits per heavy atom. The van der Waals surface area contributed by atoms with Crippen molar-refractivity contribution < 1.29 is 9.50 Å². The molecule has 1 radical (unpaired) electrons. The topological polar surface area (TPSA) is 78.9 Å². The third-order valence-electron chi connectivity index (χ3n) is 4.03. The highest BCUT2D eigenvalue weighted by Gasteiger charge is 2.16. The molecule has 3 rings (SSSR count). The third kappa shape index (κ3) is 3.09. The Bertz CT molecular complexity index is 1030. The molecule has 0 aliphatic carbocycles. The molecule has 0 aliphatic rings. The number of halogens is 1. The zero-order chi connectivity index (χ0) is 18.0. The lowest BCUT2D eigenvalue weighted by molar-refractivity contribution is 0.471. The second kappa shape index (κ2) is 6.73. The first kappa shape index (κ1) is 16.7. The molecule has 2 heterocycles. The van der Waals surface area contributed by atoms with Crippen LogP contribution in [-0.4, -0.2) is 14.7 Å². The van der Waals surface area contributed by atoms with Crippen LogP contribution < -0.4 is 5.56 Å². The minimum Gasteiger partial charge on any atom is -0.505 e. The van der Waals surface area contributed by atoms with Crippen LogP contribution >= 0.6 is 0 Å². The number of fused-ring (bicyclic) bond motifs is 1. The van der Waals surface area contributed by atoms with Crippen LogP contribution in [-0.2, 0) is 19.4 Å². The lowest BCUT2D eigenvalue weighted by Gasteiger charge is -2.12. The molecule has 0 amide bonds. The fraction of sp³-hybridized carbons (Fsp3) is 0.158. The normalized spacial score (nSPS) is 10.8. The molecule has 5 nitrogen and oxygen atoms in total. The first-order valence-corrected chi connectivity index (χ1v) is 7.69. The Hall–Kier alpha value is -3.20. The Morgan fingerprint density at radius 3 is 2.64 bits per heavy atom. The standard InChI is InChI=1S/C19H15FN3O2/c1-2-15-18(24)17-16(23(8-7-21)19(15)25)10-13(11-22-17)9-12-3-5-14(20)6-4-12/h3-6,10-11,24H,1-2,8-9H2. The molecular weight excluding hydrogens is 321 g/mol. The largest absolute Gasteiger partial charge is 0.505 e. The molecule has 6 heteroatoms. The summed E-state index contributed by atoms with van der Waals surface area (Å²) < 4.78 is 14.3. The fourth-order valence-corrected chi connectivity index (χ4v) is 2.79. The smallest absolute Gasteiger partial charge is 0.259 e. The molecule has 2 aromatic heterocycles. The van der Waals surface area contributed by atoms with Crippen LogP contribution in [0.5, 0.6) is 5.75 Å². The molecule has 1 N–H and O–H groups in total. The van der Waals surface area contributed by atoms with Gasteiger partial charge in [-0.3, -0.25) is 14.3 Å². The molecular formula is C19H15FN3O2. The monoisotopic (exact) mass is 336 g/mol. The summed E-state index contributed by atoms with van der Waals surface area (Å²) >= 11 is 0. The van der Waals surface area contributed by atoms with Gasteiger partial charge in [-0.15, -0.1) is 0 Å². The van der Waals surface area contributed by atoms with Gasteiger partial charge in [0.25, 0.3) is 5.56 Å². The van der Waals surface area contributed by atoms with Crippen molar-refractivity contribution in [3.63, 3.8) is 0 Å². The van der Waals surface area contributed by atoms with Gasteiger partial charge in [0.2, 0.25) is 0 Å². The maximum Gasteiger partial charge on any atom is 0.259 e. The molecule has 125 valence electrons. The van der Waals surface area contributed by atoms with Crippen LogP contribution in [0.2, 0.25) is 0 Å². The summed E-state index contributed by atoms with van der Waals surface area (Å²) in [7, 11) is 0. The van der Waals surface area contributed by atoms with Crippen molar-refractivity contribution in [1.29, 1.82) is 5.26 Å². The molecule has 0 fully saturated rings. The Labute approximate surface area is 143 Å². The maximum atomic E-state index is 13.0. The minimum atomic E-state index is -0.442. The number of aromatic hydroxyl groups is 1. The average Bonchev–Trinajstić information content (AvgIpc) is 2.61. The predicted molar refractivity (Wildman–Crippen MR) is 91.5 cm³/mol. The van der Waals surface area contributed by atoms with Crippen molar-refractivity contribution in [2.24, 2.45) is 0 Å². The van der Waals surface area contributed by atoms with Crippen molar-refractivity contribution in [1.82, 2.24) is 9.55 Å². The number of aromatic nitrogens is 2. The summed E-state index contributed by atoms with van der Waals surface area (Å²) in [6.45, 7) is 3.50. The van der Waals surface area contributed by atoms with Crippen molar-refractivity contribution in [3.8, 4) is 11.8 Å². The van der Waals surface area contributed by atoms with Gasteiger partial charge in [0.15, 0.2) is 5.75 Å². The van der Waals surface area contributed by atoms with Gasteiger partial charge in [-0.1, -0.05) is 12.1 Å². The first-order valence-electron chi connectivity index (χ1n) is 7.69. The molecule has 0 saturated heterocycles. The molecule has 0 atom stereocenters. The summed E-state index contributed by atoms with van der Waals surface area (Å²) in [4.78, 5) is 16.7. The third-order valence-corrected chi connectivity index (χ3v) is 4.03. The van der Waals surface area contributed by atoms with Gasteiger partial charge in [-0.25, -0.2) is 4.39 Å². The lowest BCUT2D eigenvalue weighted by atomic mass is 10.0. The van der Waals surface area contributed by atoms with E-state index in [-0.39, 0.29) is 35.6 Å². The Morgan fingerprint density at radius 1 is 1.28 bits per heavy atom.